The average Bonchev–Trinajstić information content (AvgIpc) is 3.19. The van der Waals surface area contributed by atoms with Crippen molar-refractivity contribution in [2.24, 2.45) is 0 Å². The Morgan fingerprint density at radius 2 is 2.17 bits per heavy atom. The van der Waals surface area contributed by atoms with Crippen LogP contribution in [0.4, 0.5) is 4.79 Å². The minimum absolute atomic E-state index is 0.0478. The number of nitrogens with one attached hydrogen (secondary N) is 1. The SMILES string of the molecule is COC(=O)N1CC[C@H](NC(=O)[C@H](C)c2cc3ccccc3o2)C1. The van der Waals surface area contributed by atoms with Gasteiger partial charge in [0.05, 0.1) is 13.0 Å². The van der Waals surface area contributed by atoms with Gasteiger partial charge in [0.15, 0.2) is 0 Å². The second kappa shape index (κ2) is 6.32. The number of amides is 2. The molecule has 0 spiro atoms. The molecule has 0 bridgehead atoms. The fourth-order valence-electron chi connectivity index (χ4n) is 2.84. The summed E-state index contributed by atoms with van der Waals surface area (Å²) < 4.78 is 10.4. The molecule has 23 heavy (non-hydrogen) atoms. The zero-order valence-electron chi connectivity index (χ0n) is 13.2. The zero-order valence-corrected chi connectivity index (χ0v) is 13.2. The molecule has 0 saturated carbocycles. The van der Waals surface area contributed by atoms with Crippen LogP contribution in [-0.4, -0.2) is 43.1 Å². The minimum atomic E-state index is -0.380. The van der Waals surface area contributed by atoms with Crippen LogP contribution in [0.25, 0.3) is 11.0 Å². The first kappa shape index (κ1) is 15.4. The van der Waals surface area contributed by atoms with Crippen molar-refractivity contribution in [1.29, 1.82) is 0 Å². The van der Waals surface area contributed by atoms with E-state index in [4.69, 9.17) is 9.15 Å². The van der Waals surface area contributed by atoms with Gasteiger partial charge in [-0.15, -0.1) is 0 Å². The lowest BCUT2D eigenvalue weighted by Gasteiger charge is -2.17. The Balaban J connectivity index is 1.63. The summed E-state index contributed by atoms with van der Waals surface area (Å²) >= 11 is 0. The van der Waals surface area contributed by atoms with E-state index in [0.717, 1.165) is 17.4 Å². The van der Waals surface area contributed by atoms with Crippen molar-refractivity contribution in [3.63, 3.8) is 0 Å². The van der Waals surface area contributed by atoms with E-state index in [1.807, 2.05) is 37.3 Å². The van der Waals surface area contributed by atoms with Crippen LogP contribution in [0, 0.1) is 0 Å². The standard InChI is InChI=1S/C17H20N2O4/c1-11(15-9-12-5-3-4-6-14(12)23-15)16(20)18-13-7-8-19(10-13)17(21)22-2/h3-6,9,11,13H,7-8,10H2,1-2H3,(H,18,20)/t11-,13+/m1/s1. The van der Waals surface area contributed by atoms with Crippen molar-refractivity contribution in [2.45, 2.75) is 25.3 Å². The highest BCUT2D eigenvalue weighted by Gasteiger charge is 2.29. The molecule has 1 aromatic heterocycles. The number of hydrogen-bond acceptors (Lipinski definition) is 4. The second-order valence-corrected chi connectivity index (χ2v) is 5.82. The molecule has 1 N–H and O–H groups in total. The first-order chi connectivity index (χ1) is 11.1. The molecule has 1 saturated heterocycles. The molecule has 1 aliphatic rings. The summed E-state index contributed by atoms with van der Waals surface area (Å²) in [6.45, 7) is 2.89. The van der Waals surface area contributed by atoms with Gasteiger partial charge in [-0.1, -0.05) is 18.2 Å². The number of ether oxygens (including phenoxy) is 1. The average molecular weight is 316 g/mol. The molecule has 0 radical (unpaired) electrons. The maximum atomic E-state index is 12.4. The van der Waals surface area contributed by atoms with Gasteiger partial charge >= 0.3 is 6.09 Å². The van der Waals surface area contributed by atoms with Gasteiger partial charge in [-0.05, 0) is 25.5 Å². The topological polar surface area (TPSA) is 71.8 Å². The summed E-state index contributed by atoms with van der Waals surface area (Å²) in [6, 6.07) is 9.53. The van der Waals surface area contributed by atoms with E-state index in [9.17, 15) is 9.59 Å². The Labute approximate surface area is 134 Å². The van der Waals surface area contributed by atoms with Gasteiger partial charge < -0.3 is 19.4 Å². The van der Waals surface area contributed by atoms with Crippen molar-refractivity contribution in [3.8, 4) is 0 Å². The molecule has 0 aliphatic carbocycles. The van der Waals surface area contributed by atoms with Crippen LogP contribution in [0.15, 0.2) is 34.7 Å². The summed E-state index contributed by atoms with van der Waals surface area (Å²) in [5, 5.41) is 3.97. The van der Waals surface area contributed by atoms with Crippen LogP contribution in [-0.2, 0) is 9.53 Å². The third-order valence-corrected chi connectivity index (χ3v) is 4.23. The third kappa shape index (κ3) is 3.16. The largest absolute Gasteiger partial charge is 0.460 e. The fourth-order valence-corrected chi connectivity index (χ4v) is 2.84. The minimum Gasteiger partial charge on any atom is -0.460 e. The maximum Gasteiger partial charge on any atom is 0.409 e. The Kier molecular flexibility index (Phi) is 4.23. The molecular weight excluding hydrogens is 296 g/mol. The molecule has 2 atom stereocenters. The van der Waals surface area contributed by atoms with Crippen molar-refractivity contribution >= 4 is 23.0 Å². The highest BCUT2D eigenvalue weighted by molar-refractivity contribution is 5.85. The summed E-state index contributed by atoms with van der Waals surface area (Å²) in [5.41, 5.74) is 0.778. The number of rotatable bonds is 3. The molecule has 6 nitrogen and oxygen atoms in total. The number of fused-ring (bicyclic) bond motifs is 1. The predicted molar refractivity (Wildman–Crippen MR) is 85.2 cm³/mol. The van der Waals surface area contributed by atoms with Crippen LogP contribution in [0.2, 0.25) is 0 Å². The molecule has 1 aliphatic heterocycles. The van der Waals surface area contributed by atoms with Crippen LogP contribution in [0.3, 0.4) is 0 Å². The molecule has 2 heterocycles. The molecule has 122 valence electrons. The van der Waals surface area contributed by atoms with Crippen LogP contribution < -0.4 is 5.32 Å². The van der Waals surface area contributed by atoms with E-state index in [-0.39, 0.29) is 24.0 Å². The molecule has 6 heteroatoms. The van der Waals surface area contributed by atoms with Gasteiger partial charge in [0.25, 0.3) is 0 Å². The molecule has 1 fully saturated rings. The van der Waals surface area contributed by atoms with Gasteiger partial charge in [0.2, 0.25) is 5.91 Å². The van der Waals surface area contributed by atoms with Gasteiger partial charge in [0.1, 0.15) is 11.3 Å². The molecular formula is C17H20N2O4. The number of para-hydroxylation sites is 1. The van der Waals surface area contributed by atoms with Crippen LogP contribution in [0.1, 0.15) is 25.0 Å². The summed E-state index contributed by atoms with van der Waals surface area (Å²) in [5.74, 6) is 0.168. The zero-order chi connectivity index (χ0) is 16.4. The van der Waals surface area contributed by atoms with Crippen LogP contribution in [0.5, 0.6) is 0 Å². The Hall–Kier alpha value is -2.50. The number of furan rings is 1. The van der Waals surface area contributed by atoms with Crippen molar-refractivity contribution in [3.05, 3.63) is 36.1 Å². The van der Waals surface area contributed by atoms with Gasteiger partial charge in [-0.2, -0.15) is 0 Å². The highest BCUT2D eigenvalue weighted by atomic mass is 16.5. The summed E-state index contributed by atoms with van der Waals surface area (Å²) in [6.07, 6.45) is 0.375. The highest BCUT2D eigenvalue weighted by Crippen LogP contribution is 2.25. The van der Waals surface area contributed by atoms with E-state index < -0.39 is 0 Å². The van der Waals surface area contributed by atoms with Gasteiger partial charge in [-0.3, -0.25) is 4.79 Å². The monoisotopic (exact) mass is 316 g/mol. The quantitative estimate of drug-likeness (QED) is 0.944. The number of carbonyl (C=O) groups excluding carboxylic acids is 2. The first-order valence-corrected chi connectivity index (χ1v) is 7.70. The smallest absolute Gasteiger partial charge is 0.409 e. The van der Waals surface area contributed by atoms with Gasteiger partial charge in [0, 0.05) is 24.5 Å². The predicted octanol–water partition coefficient (Wildman–Crippen LogP) is 2.49. The molecule has 1 aromatic carbocycles. The second-order valence-electron chi connectivity index (χ2n) is 5.82. The number of hydrogen-bond donors (Lipinski definition) is 1. The van der Waals surface area contributed by atoms with E-state index >= 15 is 0 Å². The normalized spacial score (nSPS) is 18.9. The molecule has 3 rings (SSSR count). The number of carbonyl (C=O) groups is 2. The van der Waals surface area contributed by atoms with E-state index in [1.165, 1.54) is 7.11 Å². The first-order valence-electron chi connectivity index (χ1n) is 7.70. The van der Waals surface area contributed by atoms with Crippen molar-refractivity contribution in [2.75, 3.05) is 20.2 Å². The lowest BCUT2D eigenvalue weighted by Crippen LogP contribution is -2.40. The van der Waals surface area contributed by atoms with Crippen LogP contribution >= 0.6 is 0 Å². The van der Waals surface area contributed by atoms with E-state index in [0.29, 0.717) is 18.8 Å². The van der Waals surface area contributed by atoms with Crippen molar-refractivity contribution in [1.82, 2.24) is 10.2 Å². The van der Waals surface area contributed by atoms with Crippen molar-refractivity contribution < 1.29 is 18.7 Å². The number of nitrogens with zero attached hydrogens (tertiary/aromatic N) is 1. The third-order valence-electron chi connectivity index (χ3n) is 4.23. The lowest BCUT2D eigenvalue weighted by atomic mass is 10.1. The summed E-state index contributed by atoms with van der Waals surface area (Å²) in [7, 11) is 1.36. The molecule has 0 unspecified atom stereocenters. The number of benzene rings is 1. The van der Waals surface area contributed by atoms with E-state index in [1.54, 1.807) is 4.90 Å². The number of likely N-dealkylation sites (tertiary alicyclic amines) is 1. The lowest BCUT2D eigenvalue weighted by molar-refractivity contribution is -0.123. The number of methoxy groups -OCH3 is 1. The molecule has 2 amide bonds. The summed E-state index contributed by atoms with van der Waals surface area (Å²) in [4.78, 5) is 25.5. The Bertz CT molecular complexity index is 691. The fraction of sp³-hybridized carbons (Fsp3) is 0.412. The maximum absolute atomic E-state index is 12.4. The van der Waals surface area contributed by atoms with Gasteiger partial charge in [-0.25, -0.2) is 4.79 Å². The Morgan fingerprint density at radius 3 is 2.91 bits per heavy atom. The van der Waals surface area contributed by atoms with E-state index in [2.05, 4.69) is 5.32 Å². The molecule has 2 aromatic rings. The Morgan fingerprint density at radius 1 is 1.39 bits per heavy atom.